The number of aryl methyl sites for hydroxylation is 1. The van der Waals surface area contributed by atoms with Crippen molar-refractivity contribution in [3.63, 3.8) is 0 Å². The Hall–Kier alpha value is -2.23. The van der Waals surface area contributed by atoms with Crippen molar-refractivity contribution in [2.75, 3.05) is 13.1 Å². The van der Waals surface area contributed by atoms with Crippen LogP contribution in [0, 0.1) is 0 Å². The molecule has 0 atom stereocenters. The molecule has 1 aromatic rings. The van der Waals surface area contributed by atoms with E-state index in [1.54, 1.807) is 20.8 Å². The molecule has 2 N–H and O–H groups in total. The summed E-state index contributed by atoms with van der Waals surface area (Å²) in [5, 5.41) is 4.46. The lowest BCUT2D eigenvalue weighted by Crippen LogP contribution is -2.45. The number of aromatic nitrogens is 2. The molecule has 0 saturated heterocycles. The van der Waals surface area contributed by atoms with Crippen molar-refractivity contribution in [1.82, 2.24) is 19.8 Å². The molecule has 0 aliphatic heterocycles. The van der Waals surface area contributed by atoms with Gasteiger partial charge in [-0.15, -0.1) is 0 Å². The molecule has 0 aliphatic rings. The number of ether oxygens (including phenoxy) is 1. The molecule has 8 nitrogen and oxygen atoms in total. The van der Waals surface area contributed by atoms with E-state index in [4.69, 9.17) is 4.74 Å². The van der Waals surface area contributed by atoms with E-state index in [9.17, 15) is 23.2 Å². The summed E-state index contributed by atoms with van der Waals surface area (Å²) in [4.78, 5) is 34.8. The van der Waals surface area contributed by atoms with E-state index in [0.29, 0.717) is 0 Å². The van der Waals surface area contributed by atoms with Crippen LogP contribution in [0.1, 0.15) is 26.3 Å². The van der Waals surface area contributed by atoms with Crippen LogP contribution >= 0.6 is 0 Å². The number of hydrogen-bond acceptors (Lipinski definition) is 5. The maximum atomic E-state index is 13.8. The van der Waals surface area contributed by atoms with Gasteiger partial charge in [-0.25, -0.2) is 18.4 Å². The molecule has 142 valence electrons. The summed E-state index contributed by atoms with van der Waals surface area (Å²) in [5.41, 5.74) is -1.65. The van der Waals surface area contributed by atoms with Gasteiger partial charge in [0.2, 0.25) is 0 Å². The number of carbonyl (C=O) groups is 1. The van der Waals surface area contributed by atoms with Crippen molar-refractivity contribution in [3.8, 4) is 0 Å². The van der Waals surface area contributed by atoms with Gasteiger partial charge >= 0.3 is 11.8 Å². The lowest BCUT2D eigenvalue weighted by molar-refractivity contribution is -0.00379. The molecule has 1 rings (SSSR count). The first kappa shape index (κ1) is 20.8. The van der Waals surface area contributed by atoms with Crippen LogP contribution in [0.2, 0.25) is 0 Å². The monoisotopic (exact) mass is 362 g/mol. The zero-order valence-corrected chi connectivity index (χ0v) is 15.0. The zero-order chi connectivity index (χ0) is 19.4. The summed E-state index contributed by atoms with van der Waals surface area (Å²) in [6, 6.07) is 0. The SMILES string of the molecule is Cn1cc(CNCC(F)(F)CNC(=O)OC(C)(C)C)c(=O)n(C)c1=O. The topological polar surface area (TPSA) is 94.4 Å². The van der Waals surface area contributed by atoms with Gasteiger partial charge < -0.3 is 19.9 Å². The van der Waals surface area contributed by atoms with Gasteiger partial charge in [0.25, 0.3) is 11.5 Å². The largest absolute Gasteiger partial charge is 0.444 e. The van der Waals surface area contributed by atoms with Crippen LogP contribution in [0.15, 0.2) is 15.8 Å². The van der Waals surface area contributed by atoms with Gasteiger partial charge in [-0.05, 0) is 20.8 Å². The highest BCUT2D eigenvalue weighted by molar-refractivity contribution is 5.67. The van der Waals surface area contributed by atoms with Crippen LogP contribution in [0.5, 0.6) is 0 Å². The van der Waals surface area contributed by atoms with Crippen LogP contribution in [0.4, 0.5) is 13.6 Å². The molecule has 25 heavy (non-hydrogen) atoms. The van der Waals surface area contributed by atoms with Gasteiger partial charge in [0, 0.05) is 32.4 Å². The molecule has 0 aromatic carbocycles. The average molecular weight is 362 g/mol. The summed E-state index contributed by atoms with van der Waals surface area (Å²) >= 11 is 0. The summed E-state index contributed by atoms with van der Waals surface area (Å²) < 4.78 is 34.5. The maximum absolute atomic E-state index is 13.8. The second kappa shape index (κ2) is 7.77. The Balaban J connectivity index is 2.56. The number of nitrogens with zero attached hydrogens (tertiary/aromatic N) is 2. The Morgan fingerprint density at radius 2 is 1.80 bits per heavy atom. The van der Waals surface area contributed by atoms with Crippen LogP contribution in [-0.4, -0.2) is 39.8 Å². The van der Waals surface area contributed by atoms with Gasteiger partial charge in [0.1, 0.15) is 5.60 Å². The Morgan fingerprint density at radius 1 is 1.20 bits per heavy atom. The molecule has 1 amide bonds. The first-order valence-corrected chi connectivity index (χ1v) is 7.63. The van der Waals surface area contributed by atoms with Crippen molar-refractivity contribution in [2.24, 2.45) is 14.1 Å². The van der Waals surface area contributed by atoms with Crippen molar-refractivity contribution < 1.29 is 18.3 Å². The smallest absolute Gasteiger partial charge is 0.407 e. The molecular weight excluding hydrogens is 338 g/mol. The molecule has 1 aromatic heterocycles. The second-order valence-electron chi connectivity index (χ2n) is 6.73. The minimum Gasteiger partial charge on any atom is -0.444 e. The number of rotatable bonds is 6. The van der Waals surface area contributed by atoms with E-state index in [2.05, 4.69) is 5.32 Å². The number of carbonyl (C=O) groups excluding carboxylic acids is 1. The molecule has 0 fully saturated rings. The molecule has 1 heterocycles. The van der Waals surface area contributed by atoms with Gasteiger partial charge in [-0.2, -0.15) is 0 Å². The summed E-state index contributed by atoms with van der Waals surface area (Å²) in [6.07, 6.45) is 0.369. The molecule has 0 saturated carbocycles. The highest BCUT2D eigenvalue weighted by Gasteiger charge is 2.30. The van der Waals surface area contributed by atoms with E-state index in [1.165, 1.54) is 24.9 Å². The Kier molecular flexibility index (Phi) is 6.47. The fourth-order valence-electron chi connectivity index (χ4n) is 1.96. The van der Waals surface area contributed by atoms with Crippen LogP contribution in [-0.2, 0) is 25.4 Å². The molecule has 10 heteroatoms. The summed E-state index contributed by atoms with van der Waals surface area (Å²) in [5.74, 6) is -3.23. The molecule has 0 bridgehead atoms. The van der Waals surface area contributed by atoms with Crippen molar-refractivity contribution in [1.29, 1.82) is 0 Å². The van der Waals surface area contributed by atoms with Crippen molar-refractivity contribution in [2.45, 2.75) is 38.8 Å². The fourth-order valence-corrected chi connectivity index (χ4v) is 1.96. The number of amides is 1. The number of nitrogens with one attached hydrogen (secondary N) is 2. The molecule has 0 radical (unpaired) electrons. The Bertz CT molecular complexity index is 735. The first-order valence-electron chi connectivity index (χ1n) is 7.63. The lowest BCUT2D eigenvalue weighted by atomic mass is 10.2. The highest BCUT2D eigenvalue weighted by Crippen LogP contribution is 2.12. The molecular formula is C15H24F2N4O4. The Labute approximate surface area is 143 Å². The van der Waals surface area contributed by atoms with Crippen molar-refractivity contribution >= 4 is 6.09 Å². The lowest BCUT2D eigenvalue weighted by Gasteiger charge is -2.22. The molecule has 0 spiro atoms. The first-order chi connectivity index (χ1) is 11.3. The number of halogens is 2. The predicted octanol–water partition coefficient (Wildman–Crippen LogP) is 0.334. The van der Waals surface area contributed by atoms with E-state index in [-0.39, 0.29) is 12.1 Å². The van der Waals surface area contributed by atoms with E-state index in [0.717, 1.165) is 4.57 Å². The van der Waals surface area contributed by atoms with Gasteiger partial charge in [0.15, 0.2) is 0 Å². The van der Waals surface area contributed by atoms with Gasteiger partial charge in [-0.1, -0.05) is 0 Å². The number of hydrogen-bond donors (Lipinski definition) is 2. The van der Waals surface area contributed by atoms with Crippen LogP contribution in [0.3, 0.4) is 0 Å². The Morgan fingerprint density at radius 3 is 2.36 bits per heavy atom. The summed E-state index contributed by atoms with van der Waals surface area (Å²) in [6.45, 7) is 3.08. The maximum Gasteiger partial charge on any atom is 0.407 e. The standard InChI is InChI=1S/C15H24F2N4O4/c1-14(2,3)25-12(23)19-9-15(16,17)8-18-6-10-7-20(4)13(24)21(5)11(10)22/h7,18H,6,8-9H2,1-5H3,(H,19,23). The molecule has 0 aliphatic carbocycles. The molecule has 0 unspecified atom stereocenters. The third-order valence-corrected chi connectivity index (χ3v) is 3.11. The van der Waals surface area contributed by atoms with E-state index < -0.39 is 42.0 Å². The zero-order valence-electron chi connectivity index (χ0n) is 15.0. The second-order valence-corrected chi connectivity index (χ2v) is 6.73. The van der Waals surface area contributed by atoms with Gasteiger partial charge in [-0.3, -0.25) is 9.36 Å². The minimum absolute atomic E-state index is 0.136. The van der Waals surface area contributed by atoms with Gasteiger partial charge in [0.05, 0.1) is 13.1 Å². The van der Waals surface area contributed by atoms with Crippen LogP contribution in [0.25, 0.3) is 0 Å². The predicted molar refractivity (Wildman–Crippen MR) is 87.8 cm³/mol. The average Bonchev–Trinajstić information content (AvgIpc) is 2.46. The van der Waals surface area contributed by atoms with Crippen LogP contribution < -0.4 is 21.9 Å². The number of alkyl carbamates (subject to hydrolysis) is 1. The normalized spacial score (nSPS) is 12.1. The number of alkyl halides is 2. The fraction of sp³-hybridized carbons (Fsp3) is 0.667. The summed E-state index contributed by atoms with van der Waals surface area (Å²) in [7, 11) is 2.78. The highest BCUT2D eigenvalue weighted by atomic mass is 19.3. The third kappa shape index (κ3) is 6.65. The minimum atomic E-state index is -3.23. The van der Waals surface area contributed by atoms with E-state index in [1.807, 2.05) is 5.32 Å². The van der Waals surface area contributed by atoms with E-state index >= 15 is 0 Å². The van der Waals surface area contributed by atoms with Crippen molar-refractivity contribution in [3.05, 3.63) is 32.6 Å². The quantitative estimate of drug-likeness (QED) is 0.761. The third-order valence-electron chi connectivity index (χ3n) is 3.11.